The van der Waals surface area contributed by atoms with Crippen LogP contribution in [0.4, 0.5) is 8.78 Å². The van der Waals surface area contributed by atoms with E-state index in [4.69, 9.17) is 9.47 Å². The number of aryl methyl sites for hydroxylation is 1. The molecule has 1 aliphatic heterocycles. The molecule has 0 saturated heterocycles. The summed E-state index contributed by atoms with van der Waals surface area (Å²) >= 11 is 0. The summed E-state index contributed by atoms with van der Waals surface area (Å²) in [5, 5.41) is 0. The van der Waals surface area contributed by atoms with Gasteiger partial charge in [0.25, 0.3) is 0 Å². The van der Waals surface area contributed by atoms with Crippen molar-refractivity contribution in [1.29, 1.82) is 0 Å². The van der Waals surface area contributed by atoms with Gasteiger partial charge in [-0.25, -0.2) is 4.39 Å². The van der Waals surface area contributed by atoms with Gasteiger partial charge in [-0.3, -0.25) is 0 Å². The van der Waals surface area contributed by atoms with Gasteiger partial charge in [-0.15, -0.1) is 0 Å². The average molecular weight is 336 g/mol. The van der Waals surface area contributed by atoms with Gasteiger partial charge in [0.15, 0.2) is 11.6 Å². The van der Waals surface area contributed by atoms with E-state index in [0.717, 1.165) is 17.9 Å². The minimum Gasteiger partial charge on any atom is -0.486 e. The maximum atomic E-state index is 13.8. The quantitative estimate of drug-likeness (QED) is 0.704. The third kappa shape index (κ3) is 3.97. The molecule has 1 heterocycles. The first kappa shape index (κ1) is 17.4. The van der Waals surface area contributed by atoms with E-state index in [1.54, 1.807) is 0 Å². The van der Waals surface area contributed by atoms with E-state index in [1.165, 1.54) is 44.7 Å². The van der Waals surface area contributed by atoms with Crippen LogP contribution in [0.25, 0.3) is 0 Å². The van der Waals surface area contributed by atoms with Crippen LogP contribution in [0.3, 0.4) is 0 Å². The van der Waals surface area contributed by atoms with Crippen molar-refractivity contribution in [2.24, 2.45) is 11.8 Å². The summed E-state index contributed by atoms with van der Waals surface area (Å²) in [4.78, 5) is 0. The van der Waals surface area contributed by atoms with Crippen molar-refractivity contribution in [1.82, 2.24) is 0 Å². The van der Waals surface area contributed by atoms with Crippen LogP contribution in [-0.2, 0) is 4.74 Å². The molecule has 0 bridgehead atoms. The van der Waals surface area contributed by atoms with Gasteiger partial charge >= 0.3 is 0 Å². The van der Waals surface area contributed by atoms with E-state index >= 15 is 0 Å². The predicted molar refractivity (Wildman–Crippen MR) is 90.2 cm³/mol. The molecule has 1 saturated carbocycles. The van der Waals surface area contributed by atoms with Gasteiger partial charge in [0.2, 0.25) is 5.82 Å². The molecule has 3 rings (SSSR count). The van der Waals surface area contributed by atoms with Gasteiger partial charge in [-0.2, -0.15) is 4.39 Å². The molecule has 1 aliphatic carbocycles. The Morgan fingerprint density at radius 2 is 1.88 bits per heavy atom. The highest BCUT2D eigenvalue weighted by atomic mass is 19.2. The van der Waals surface area contributed by atoms with E-state index in [2.05, 4.69) is 13.0 Å². The zero-order chi connectivity index (χ0) is 17.1. The molecular weight excluding hydrogens is 310 g/mol. The van der Waals surface area contributed by atoms with E-state index in [0.29, 0.717) is 18.6 Å². The molecule has 0 radical (unpaired) electrons. The second-order valence-electron chi connectivity index (χ2n) is 7.26. The van der Waals surface area contributed by atoms with E-state index in [1.807, 2.05) is 0 Å². The van der Waals surface area contributed by atoms with Crippen molar-refractivity contribution >= 4 is 0 Å². The highest BCUT2D eigenvalue weighted by Crippen LogP contribution is 2.34. The van der Waals surface area contributed by atoms with Crippen LogP contribution in [0.2, 0.25) is 0 Å². The molecular formula is C20H26F2O2. The number of ether oxygens (including phenoxy) is 2. The molecule has 132 valence electrons. The number of halogens is 2. The molecule has 1 aromatic rings. The van der Waals surface area contributed by atoms with Crippen LogP contribution in [-0.4, -0.2) is 19.3 Å². The van der Waals surface area contributed by atoms with Crippen LogP contribution in [0.5, 0.6) is 5.75 Å². The Morgan fingerprint density at radius 1 is 1.12 bits per heavy atom. The fourth-order valence-electron chi connectivity index (χ4n) is 3.62. The second-order valence-corrected chi connectivity index (χ2v) is 7.26. The van der Waals surface area contributed by atoms with E-state index in [-0.39, 0.29) is 17.9 Å². The summed E-state index contributed by atoms with van der Waals surface area (Å²) < 4.78 is 38.8. The van der Waals surface area contributed by atoms with Gasteiger partial charge in [-0.05, 0) is 55.2 Å². The fourth-order valence-corrected chi connectivity index (χ4v) is 3.62. The standard InChI is InChI=1S/C20H26F2O2/c1-13-3-7-16(8-4-13)17-10-6-15(11-23-17)12-24-18-9-5-14(2)19(21)20(18)22/h5-6,9,13,16-17H,3-4,7-8,10-12H2,1-2H3. The summed E-state index contributed by atoms with van der Waals surface area (Å²) in [7, 11) is 0. The largest absolute Gasteiger partial charge is 0.486 e. The van der Waals surface area contributed by atoms with Gasteiger partial charge in [0.1, 0.15) is 6.61 Å². The predicted octanol–water partition coefficient (Wildman–Crippen LogP) is 5.19. The summed E-state index contributed by atoms with van der Waals surface area (Å²) in [6.45, 7) is 4.62. The number of rotatable bonds is 4. The molecule has 0 aromatic heterocycles. The lowest BCUT2D eigenvalue weighted by molar-refractivity contribution is -0.000464. The van der Waals surface area contributed by atoms with Crippen molar-refractivity contribution < 1.29 is 18.3 Å². The smallest absolute Gasteiger partial charge is 0.200 e. The summed E-state index contributed by atoms with van der Waals surface area (Å²) in [5.41, 5.74) is 1.28. The first-order chi connectivity index (χ1) is 11.5. The molecule has 1 atom stereocenters. The van der Waals surface area contributed by atoms with Crippen LogP contribution in [0.15, 0.2) is 23.8 Å². The van der Waals surface area contributed by atoms with E-state index in [9.17, 15) is 8.78 Å². The van der Waals surface area contributed by atoms with Gasteiger partial charge in [0, 0.05) is 0 Å². The van der Waals surface area contributed by atoms with Crippen molar-refractivity contribution in [2.75, 3.05) is 13.2 Å². The summed E-state index contributed by atoms with van der Waals surface area (Å²) in [6.07, 6.45) is 8.43. The fraction of sp³-hybridized carbons (Fsp3) is 0.600. The lowest BCUT2D eigenvalue weighted by Gasteiger charge is -2.34. The monoisotopic (exact) mass is 336 g/mol. The summed E-state index contributed by atoms with van der Waals surface area (Å²) in [6, 6.07) is 3.00. The Labute approximate surface area is 142 Å². The zero-order valence-corrected chi connectivity index (χ0v) is 14.5. The minimum atomic E-state index is -0.915. The maximum absolute atomic E-state index is 13.8. The first-order valence-electron chi connectivity index (χ1n) is 8.91. The number of benzene rings is 1. The Kier molecular flexibility index (Phi) is 5.54. The molecule has 2 aliphatic rings. The lowest BCUT2D eigenvalue weighted by Crippen LogP contribution is -2.31. The van der Waals surface area contributed by atoms with Crippen molar-refractivity contribution in [3.8, 4) is 5.75 Å². The van der Waals surface area contributed by atoms with Crippen molar-refractivity contribution in [3.05, 3.63) is 41.0 Å². The van der Waals surface area contributed by atoms with Crippen LogP contribution >= 0.6 is 0 Å². The van der Waals surface area contributed by atoms with E-state index < -0.39 is 11.6 Å². The molecule has 1 aromatic carbocycles. The zero-order valence-electron chi connectivity index (χ0n) is 14.5. The third-order valence-electron chi connectivity index (χ3n) is 5.36. The van der Waals surface area contributed by atoms with Gasteiger partial charge < -0.3 is 9.47 Å². The number of hydrogen-bond donors (Lipinski definition) is 0. The van der Waals surface area contributed by atoms with Crippen molar-refractivity contribution in [3.63, 3.8) is 0 Å². The van der Waals surface area contributed by atoms with Crippen molar-refractivity contribution in [2.45, 2.75) is 52.1 Å². The Bertz CT molecular complexity index is 604. The van der Waals surface area contributed by atoms with Gasteiger partial charge in [-0.1, -0.05) is 31.9 Å². The maximum Gasteiger partial charge on any atom is 0.200 e. The molecule has 1 fully saturated rings. The van der Waals surface area contributed by atoms with Crippen LogP contribution < -0.4 is 4.74 Å². The molecule has 2 nitrogen and oxygen atoms in total. The SMILES string of the molecule is Cc1ccc(OCC2=CCC(C3CCC(C)CC3)OC2)c(F)c1F. The third-order valence-corrected chi connectivity index (χ3v) is 5.36. The Balaban J connectivity index is 1.52. The topological polar surface area (TPSA) is 18.5 Å². The molecule has 1 unspecified atom stereocenters. The molecule has 4 heteroatoms. The Morgan fingerprint density at radius 3 is 2.54 bits per heavy atom. The molecule has 0 amide bonds. The lowest BCUT2D eigenvalue weighted by atomic mass is 9.79. The van der Waals surface area contributed by atoms with Crippen LogP contribution in [0, 0.1) is 30.4 Å². The normalized spacial score (nSPS) is 27.7. The highest BCUT2D eigenvalue weighted by Gasteiger charge is 2.28. The first-order valence-corrected chi connectivity index (χ1v) is 8.91. The number of hydrogen-bond acceptors (Lipinski definition) is 2. The minimum absolute atomic E-state index is 0.0395. The molecule has 24 heavy (non-hydrogen) atoms. The summed E-state index contributed by atoms with van der Waals surface area (Å²) in [5.74, 6) is -0.297. The second kappa shape index (κ2) is 7.64. The average Bonchev–Trinajstić information content (AvgIpc) is 2.60. The highest BCUT2D eigenvalue weighted by molar-refractivity contribution is 5.30. The Hall–Kier alpha value is -1.42. The van der Waals surface area contributed by atoms with Gasteiger partial charge in [0.05, 0.1) is 12.7 Å². The molecule has 0 spiro atoms. The van der Waals surface area contributed by atoms with Crippen LogP contribution in [0.1, 0.15) is 44.6 Å². The molecule has 0 N–H and O–H groups in total.